The highest BCUT2D eigenvalue weighted by atomic mass is 19.4. The smallest absolute Gasteiger partial charge is 0.475 e. The Balaban J connectivity index is 0.000000317. The lowest BCUT2D eigenvalue weighted by Crippen LogP contribution is -2.35. The predicted molar refractivity (Wildman–Crippen MR) is 124 cm³/mol. The number of alkyl halides is 6. The maximum atomic E-state index is 12.6. The number of carbonyl (C=O) groups is 3. The van der Waals surface area contributed by atoms with Gasteiger partial charge in [-0.15, -0.1) is 0 Å². The SMILES string of the molecule is Cc1ccc2c(n1)N(Cc1ccncc1)CCN(C(=O)CC1CC1)C2.O=C(O)C(F)(F)F.O=C(O)C(F)(F)F. The van der Waals surface area contributed by atoms with Crippen LogP contribution in [0.15, 0.2) is 36.7 Å². The summed E-state index contributed by atoms with van der Waals surface area (Å²) in [5.41, 5.74) is 3.36. The third-order valence-electron chi connectivity index (χ3n) is 5.52. The first-order chi connectivity index (χ1) is 18.1. The molecule has 2 aromatic rings. The quantitative estimate of drug-likeness (QED) is 0.530. The lowest BCUT2D eigenvalue weighted by atomic mass is 10.2. The number of fused-ring (bicyclic) bond motifs is 1. The summed E-state index contributed by atoms with van der Waals surface area (Å²) in [6, 6.07) is 8.24. The van der Waals surface area contributed by atoms with Gasteiger partial charge in [0.2, 0.25) is 5.91 Å². The third-order valence-corrected chi connectivity index (χ3v) is 5.52. The van der Waals surface area contributed by atoms with Crippen LogP contribution >= 0.6 is 0 Å². The molecule has 214 valence electrons. The van der Waals surface area contributed by atoms with Crippen molar-refractivity contribution in [3.63, 3.8) is 0 Å². The van der Waals surface area contributed by atoms with Gasteiger partial charge in [0, 0.05) is 56.3 Å². The Morgan fingerprint density at radius 1 is 0.923 bits per heavy atom. The first kappa shape index (κ1) is 31.3. The molecule has 0 bridgehead atoms. The molecule has 0 unspecified atom stereocenters. The van der Waals surface area contributed by atoms with Crippen LogP contribution in [0.25, 0.3) is 0 Å². The van der Waals surface area contributed by atoms with E-state index in [1.165, 1.54) is 18.4 Å². The zero-order valence-electron chi connectivity index (χ0n) is 20.7. The van der Waals surface area contributed by atoms with Gasteiger partial charge in [-0.25, -0.2) is 14.6 Å². The summed E-state index contributed by atoms with van der Waals surface area (Å²) in [7, 11) is 0. The van der Waals surface area contributed by atoms with Crippen LogP contribution < -0.4 is 4.90 Å². The number of rotatable bonds is 4. The van der Waals surface area contributed by atoms with Crippen molar-refractivity contribution in [3.8, 4) is 0 Å². The van der Waals surface area contributed by atoms with Crippen molar-refractivity contribution in [1.29, 1.82) is 0 Å². The number of aryl methyl sites for hydroxylation is 1. The fourth-order valence-electron chi connectivity index (χ4n) is 3.37. The number of hydrogen-bond donors (Lipinski definition) is 2. The fraction of sp³-hybridized carbons (Fsp3) is 0.458. The summed E-state index contributed by atoms with van der Waals surface area (Å²) in [6.07, 6.45) is -3.39. The Labute approximate surface area is 219 Å². The van der Waals surface area contributed by atoms with Crippen LogP contribution in [0.2, 0.25) is 0 Å². The van der Waals surface area contributed by atoms with Crippen molar-refractivity contribution >= 4 is 23.7 Å². The van der Waals surface area contributed by atoms with Gasteiger partial charge >= 0.3 is 24.3 Å². The molecule has 0 atom stereocenters. The molecule has 1 aliphatic carbocycles. The zero-order valence-corrected chi connectivity index (χ0v) is 20.7. The van der Waals surface area contributed by atoms with Crippen LogP contribution in [0.3, 0.4) is 0 Å². The monoisotopic (exact) mass is 564 g/mol. The largest absolute Gasteiger partial charge is 0.490 e. The molecule has 1 saturated carbocycles. The van der Waals surface area contributed by atoms with Gasteiger partial charge in [0.1, 0.15) is 5.82 Å². The summed E-state index contributed by atoms with van der Waals surface area (Å²) in [4.78, 5) is 43.6. The van der Waals surface area contributed by atoms with Crippen LogP contribution in [0.1, 0.15) is 36.1 Å². The second-order valence-corrected chi connectivity index (χ2v) is 8.78. The molecule has 1 fully saturated rings. The highest BCUT2D eigenvalue weighted by molar-refractivity contribution is 5.77. The van der Waals surface area contributed by atoms with E-state index >= 15 is 0 Å². The Morgan fingerprint density at radius 3 is 1.95 bits per heavy atom. The number of aromatic nitrogens is 2. The van der Waals surface area contributed by atoms with Crippen molar-refractivity contribution < 1.29 is 50.9 Å². The normalized spacial score (nSPS) is 15.1. The van der Waals surface area contributed by atoms with Gasteiger partial charge in [0.05, 0.1) is 0 Å². The minimum absolute atomic E-state index is 0.291. The summed E-state index contributed by atoms with van der Waals surface area (Å²) in [5, 5.41) is 14.2. The highest BCUT2D eigenvalue weighted by Gasteiger charge is 2.39. The average Bonchev–Trinajstić information content (AvgIpc) is 3.67. The van der Waals surface area contributed by atoms with E-state index in [-0.39, 0.29) is 0 Å². The van der Waals surface area contributed by atoms with Gasteiger partial charge in [-0.1, -0.05) is 6.07 Å². The van der Waals surface area contributed by atoms with E-state index in [4.69, 9.17) is 24.8 Å². The topological polar surface area (TPSA) is 124 Å². The molecule has 1 aliphatic heterocycles. The van der Waals surface area contributed by atoms with E-state index < -0.39 is 24.3 Å². The lowest BCUT2D eigenvalue weighted by Gasteiger charge is -2.24. The second kappa shape index (κ2) is 13.2. The van der Waals surface area contributed by atoms with Crippen molar-refractivity contribution in [1.82, 2.24) is 14.9 Å². The van der Waals surface area contributed by atoms with Crippen LogP contribution in [-0.2, 0) is 27.5 Å². The number of carboxylic acids is 2. The molecule has 0 saturated heterocycles. The molecule has 0 radical (unpaired) electrons. The molecule has 4 rings (SSSR count). The van der Waals surface area contributed by atoms with Crippen molar-refractivity contribution in [3.05, 3.63) is 53.5 Å². The van der Waals surface area contributed by atoms with E-state index in [9.17, 15) is 31.1 Å². The summed E-state index contributed by atoms with van der Waals surface area (Å²) < 4.78 is 63.5. The Morgan fingerprint density at radius 2 is 1.46 bits per heavy atom. The van der Waals surface area contributed by atoms with Crippen LogP contribution in [0.5, 0.6) is 0 Å². The van der Waals surface area contributed by atoms with Crippen LogP contribution in [0, 0.1) is 12.8 Å². The molecular weight excluding hydrogens is 538 g/mol. The highest BCUT2D eigenvalue weighted by Crippen LogP contribution is 2.34. The molecular formula is C24H26F6N4O5. The first-order valence-electron chi connectivity index (χ1n) is 11.6. The number of aliphatic carboxylic acids is 2. The number of amides is 1. The number of carboxylic acid groups (broad SMARTS) is 2. The third kappa shape index (κ3) is 10.8. The maximum Gasteiger partial charge on any atom is 0.490 e. The first-order valence-corrected chi connectivity index (χ1v) is 11.6. The van der Waals surface area contributed by atoms with Crippen molar-refractivity contribution in [2.24, 2.45) is 5.92 Å². The van der Waals surface area contributed by atoms with E-state index in [1.807, 2.05) is 42.4 Å². The van der Waals surface area contributed by atoms with Gasteiger partial charge in [0.15, 0.2) is 0 Å². The maximum absolute atomic E-state index is 12.6. The molecule has 2 N–H and O–H groups in total. The second-order valence-electron chi connectivity index (χ2n) is 8.78. The molecule has 9 nitrogen and oxygen atoms in total. The Bertz CT molecular complexity index is 1120. The van der Waals surface area contributed by atoms with E-state index in [1.54, 1.807) is 0 Å². The van der Waals surface area contributed by atoms with Gasteiger partial charge in [-0.05, 0) is 49.4 Å². The van der Waals surface area contributed by atoms with E-state index in [2.05, 4.69) is 16.0 Å². The summed E-state index contributed by atoms with van der Waals surface area (Å²) in [5.74, 6) is -3.59. The molecule has 39 heavy (non-hydrogen) atoms. The summed E-state index contributed by atoms with van der Waals surface area (Å²) >= 11 is 0. The molecule has 3 heterocycles. The summed E-state index contributed by atoms with van der Waals surface area (Å²) in [6.45, 7) is 5.04. The van der Waals surface area contributed by atoms with Crippen LogP contribution in [0.4, 0.5) is 32.2 Å². The molecule has 2 aliphatic rings. The molecule has 0 spiro atoms. The average molecular weight is 564 g/mol. The van der Waals surface area contributed by atoms with Crippen LogP contribution in [-0.4, -0.2) is 68.4 Å². The number of carbonyl (C=O) groups excluding carboxylic acids is 1. The molecule has 15 heteroatoms. The zero-order chi connectivity index (χ0) is 29.4. The lowest BCUT2D eigenvalue weighted by molar-refractivity contribution is -0.193. The van der Waals surface area contributed by atoms with E-state index in [0.717, 1.165) is 36.7 Å². The number of halogens is 6. The molecule has 0 aromatic carbocycles. The van der Waals surface area contributed by atoms with E-state index in [0.29, 0.717) is 24.8 Å². The standard InChI is InChI=1S/C20H24N4O.2C2HF3O2/c1-15-2-5-18-14-23(19(25)12-16-3-4-16)10-11-24(20(18)22-15)13-17-6-8-21-9-7-17;2*3-2(4,5)1(6)7/h2,5-9,16H,3-4,10-14H2,1H3;2*(H,6,7). The minimum Gasteiger partial charge on any atom is -0.475 e. The Hall–Kier alpha value is -3.91. The van der Waals surface area contributed by atoms with Gasteiger partial charge < -0.3 is 20.0 Å². The Kier molecular flexibility index (Phi) is 10.6. The number of pyridine rings is 2. The van der Waals surface area contributed by atoms with Gasteiger partial charge in [-0.3, -0.25) is 9.78 Å². The predicted octanol–water partition coefficient (Wildman–Crippen LogP) is 4.20. The number of nitrogens with zero attached hydrogens (tertiary/aromatic N) is 4. The molecule has 2 aromatic heterocycles. The van der Waals surface area contributed by atoms with Crippen molar-refractivity contribution in [2.75, 3.05) is 18.0 Å². The minimum atomic E-state index is -5.08. The fourth-order valence-corrected chi connectivity index (χ4v) is 3.37. The van der Waals surface area contributed by atoms with Gasteiger partial charge in [-0.2, -0.15) is 26.3 Å². The molecule has 1 amide bonds. The number of hydrogen-bond acceptors (Lipinski definition) is 6. The number of anilines is 1. The van der Waals surface area contributed by atoms with Gasteiger partial charge in [0.25, 0.3) is 0 Å². The van der Waals surface area contributed by atoms with Crippen molar-refractivity contribution in [2.45, 2.75) is 51.6 Å².